The number of halogens is 1. The van der Waals surface area contributed by atoms with E-state index in [-0.39, 0.29) is 12.4 Å². The van der Waals surface area contributed by atoms with Crippen molar-refractivity contribution in [2.75, 3.05) is 33.3 Å². The van der Waals surface area contributed by atoms with Gasteiger partial charge in [-0.2, -0.15) is 0 Å². The van der Waals surface area contributed by atoms with Gasteiger partial charge in [0.25, 0.3) is 0 Å². The Morgan fingerprint density at radius 1 is 1.36 bits per heavy atom. The second-order valence-electron chi connectivity index (χ2n) is 4.26. The van der Waals surface area contributed by atoms with Crippen LogP contribution in [-0.4, -0.2) is 44.4 Å². The molecule has 4 heteroatoms. The van der Waals surface area contributed by atoms with Gasteiger partial charge in [0.2, 0.25) is 0 Å². The number of nitrogens with zero attached hydrogens (tertiary/aromatic N) is 1. The van der Waals surface area contributed by atoms with Gasteiger partial charge in [0.05, 0.1) is 0 Å². The second-order valence-corrected chi connectivity index (χ2v) is 4.26. The van der Waals surface area contributed by atoms with Crippen molar-refractivity contribution in [2.45, 2.75) is 25.5 Å². The molecule has 0 aromatic rings. The van der Waals surface area contributed by atoms with E-state index in [1.807, 2.05) is 0 Å². The second kappa shape index (κ2) is 5.91. The summed E-state index contributed by atoms with van der Waals surface area (Å²) in [7, 11) is 2.20. The summed E-state index contributed by atoms with van der Waals surface area (Å²) in [6.07, 6.45) is 4.14. The minimum Gasteiger partial charge on any atom is -0.363 e. The normalized spacial score (nSPS) is 34.9. The highest BCUT2D eigenvalue weighted by molar-refractivity contribution is 5.85. The summed E-state index contributed by atoms with van der Waals surface area (Å²) in [6, 6.07) is 0. The average Bonchev–Trinajstić information content (AvgIpc) is 2.19. The summed E-state index contributed by atoms with van der Waals surface area (Å²) >= 11 is 0. The molecule has 3 nitrogen and oxygen atoms in total. The van der Waals surface area contributed by atoms with Gasteiger partial charge >= 0.3 is 0 Å². The number of nitrogens with one attached hydrogen (secondary N) is 1. The Balaban J connectivity index is 0.000000980. The van der Waals surface area contributed by atoms with Crippen molar-refractivity contribution < 1.29 is 4.74 Å². The number of hydrogen-bond acceptors (Lipinski definition) is 3. The molecule has 2 fully saturated rings. The van der Waals surface area contributed by atoms with Crippen molar-refractivity contribution >= 4 is 12.4 Å². The Morgan fingerprint density at radius 2 is 2.21 bits per heavy atom. The molecule has 2 unspecified atom stereocenters. The molecule has 0 aliphatic carbocycles. The molecule has 0 aromatic carbocycles. The van der Waals surface area contributed by atoms with Crippen molar-refractivity contribution in [3.8, 4) is 0 Å². The maximum Gasteiger partial charge on any atom is 0.112 e. The van der Waals surface area contributed by atoms with E-state index in [0.29, 0.717) is 12.1 Å². The summed E-state index contributed by atoms with van der Waals surface area (Å²) in [6.45, 7) is 4.52. The van der Waals surface area contributed by atoms with E-state index in [1.54, 1.807) is 0 Å². The molecule has 2 rings (SSSR count). The fourth-order valence-corrected chi connectivity index (χ4v) is 2.34. The third kappa shape index (κ3) is 3.09. The number of rotatable bonds is 1. The van der Waals surface area contributed by atoms with E-state index in [9.17, 15) is 0 Å². The largest absolute Gasteiger partial charge is 0.363 e. The van der Waals surface area contributed by atoms with E-state index < -0.39 is 0 Å². The van der Waals surface area contributed by atoms with Crippen molar-refractivity contribution in [1.29, 1.82) is 0 Å². The van der Waals surface area contributed by atoms with Gasteiger partial charge < -0.3 is 9.64 Å². The fraction of sp³-hybridized carbons (Fsp3) is 1.00. The first-order valence-corrected chi connectivity index (χ1v) is 5.40. The summed E-state index contributed by atoms with van der Waals surface area (Å²) in [5.41, 5.74) is 0. The van der Waals surface area contributed by atoms with E-state index in [0.717, 1.165) is 13.2 Å². The van der Waals surface area contributed by atoms with Crippen LogP contribution in [0.15, 0.2) is 0 Å². The van der Waals surface area contributed by atoms with Gasteiger partial charge in [-0.25, -0.2) is 0 Å². The molecule has 2 atom stereocenters. The van der Waals surface area contributed by atoms with Crippen LogP contribution in [0, 0.1) is 5.92 Å². The first kappa shape index (κ1) is 12.2. The van der Waals surface area contributed by atoms with Crippen LogP contribution in [0.4, 0.5) is 0 Å². The van der Waals surface area contributed by atoms with Crippen molar-refractivity contribution in [3.63, 3.8) is 0 Å². The SMILES string of the molecule is CN1CCCC(C2NCCCO2)C1.Cl. The molecule has 0 aromatic heterocycles. The first-order valence-electron chi connectivity index (χ1n) is 5.40. The van der Waals surface area contributed by atoms with Crippen molar-refractivity contribution in [2.24, 2.45) is 5.92 Å². The van der Waals surface area contributed by atoms with Crippen LogP contribution >= 0.6 is 12.4 Å². The predicted molar refractivity (Wildman–Crippen MR) is 59.8 cm³/mol. The van der Waals surface area contributed by atoms with Crippen molar-refractivity contribution in [1.82, 2.24) is 10.2 Å². The highest BCUT2D eigenvalue weighted by atomic mass is 35.5. The minimum atomic E-state index is 0. The van der Waals surface area contributed by atoms with Gasteiger partial charge in [-0.1, -0.05) is 0 Å². The average molecular weight is 221 g/mol. The molecule has 2 saturated heterocycles. The molecular weight excluding hydrogens is 200 g/mol. The zero-order chi connectivity index (χ0) is 9.10. The van der Waals surface area contributed by atoms with Gasteiger partial charge in [-0.15, -0.1) is 12.4 Å². The van der Waals surface area contributed by atoms with Gasteiger partial charge in [0.15, 0.2) is 0 Å². The minimum absolute atomic E-state index is 0. The zero-order valence-corrected chi connectivity index (χ0v) is 9.68. The lowest BCUT2D eigenvalue weighted by atomic mass is 9.96. The number of hydrogen-bond donors (Lipinski definition) is 1. The number of likely N-dealkylation sites (tertiary alicyclic amines) is 1. The molecule has 14 heavy (non-hydrogen) atoms. The molecule has 2 aliphatic rings. The lowest BCUT2D eigenvalue weighted by molar-refractivity contribution is -0.0522. The van der Waals surface area contributed by atoms with Gasteiger partial charge in [-0.3, -0.25) is 5.32 Å². The summed E-state index contributed by atoms with van der Waals surface area (Å²) in [5, 5.41) is 3.46. The Morgan fingerprint density at radius 3 is 2.86 bits per heavy atom. The van der Waals surface area contributed by atoms with E-state index >= 15 is 0 Å². The van der Waals surface area contributed by atoms with Crippen molar-refractivity contribution in [3.05, 3.63) is 0 Å². The summed E-state index contributed by atoms with van der Waals surface area (Å²) in [4.78, 5) is 2.41. The number of ether oxygens (including phenoxy) is 1. The standard InChI is InChI=1S/C10H20N2O.ClH/c1-12-6-2-4-9(8-12)10-11-5-3-7-13-10;/h9-11H,2-8H2,1H3;1H. The quantitative estimate of drug-likeness (QED) is 0.716. The molecule has 84 valence electrons. The highest BCUT2D eigenvalue weighted by Gasteiger charge is 2.27. The maximum absolute atomic E-state index is 5.73. The Labute approximate surface area is 92.6 Å². The third-order valence-electron chi connectivity index (χ3n) is 3.05. The molecule has 0 spiro atoms. The lowest BCUT2D eigenvalue weighted by Crippen LogP contribution is -2.48. The molecule has 0 bridgehead atoms. The topological polar surface area (TPSA) is 24.5 Å². The Bertz CT molecular complexity index is 162. The van der Waals surface area contributed by atoms with Crippen LogP contribution in [0.1, 0.15) is 19.3 Å². The Hall–Kier alpha value is 0.170. The van der Waals surface area contributed by atoms with Crippen LogP contribution in [0.25, 0.3) is 0 Å². The molecule has 2 heterocycles. The first-order chi connectivity index (χ1) is 6.36. The molecule has 0 amide bonds. The molecule has 1 N–H and O–H groups in total. The van der Waals surface area contributed by atoms with Crippen LogP contribution in [-0.2, 0) is 4.74 Å². The van der Waals surface area contributed by atoms with Gasteiger partial charge in [0, 0.05) is 19.1 Å². The highest BCUT2D eigenvalue weighted by Crippen LogP contribution is 2.20. The summed E-state index contributed by atoms with van der Waals surface area (Å²) in [5.74, 6) is 0.707. The molecule has 0 radical (unpaired) electrons. The van der Waals surface area contributed by atoms with E-state index in [2.05, 4.69) is 17.3 Å². The van der Waals surface area contributed by atoms with Crippen LogP contribution in [0.2, 0.25) is 0 Å². The third-order valence-corrected chi connectivity index (χ3v) is 3.05. The van der Waals surface area contributed by atoms with Gasteiger partial charge in [-0.05, 0) is 39.4 Å². The Kier molecular flexibility index (Phi) is 5.17. The van der Waals surface area contributed by atoms with Crippen LogP contribution in [0.3, 0.4) is 0 Å². The monoisotopic (exact) mass is 220 g/mol. The fourth-order valence-electron chi connectivity index (χ4n) is 2.34. The van der Waals surface area contributed by atoms with Crippen LogP contribution < -0.4 is 5.32 Å². The molecule has 2 aliphatic heterocycles. The number of piperidine rings is 1. The van der Waals surface area contributed by atoms with Crippen LogP contribution in [0.5, 0.6) is 0 Å². The van der Waals surface area contributed by atoms with E-state index in [4.69, 9.17) is 4.74 Å². The van der Waals surface area contributed by atoms with E-state index in [1.165, 1.54) is 32.4 Å². The zero-order valence-electron chi connectivity index (χ0n) is 8.87. The molecular formula is C10H21ClN2O. The van der Waals surface area contributed by atoms with Gasteiger partial charge in [0.1, 0.15) is 6.23 Å². The summed E-state index contributed by atoms with van der Waals surface area (Å²) < 4.78 is 5.73. The maximum atomic E-state index is 5.73. The lowest BCUT2D eigenvalue weighted by Gasteiger charge is -2.37. The predicted octanol–water partition coefficient (Wildman–Crippen LogP) is 1.09. The molecule has 0 saturated carbocycles. The smallest absolute Gasteiger partial charge is 0.112 e.